The molecule has 6 heteroatoms. The first-order valence-corrected chi connectivity index (χ1v) is 37.0. The highest BCUT2D eigenvalue weighted by Crippen LogP contribution is 2.19. The first-order valence-electron chi connectivity index (χ1n) is 37.0. The monoisotopic (exact) mass is 1150 g/mol. The van der Waals surface area contributed by atoms with Gasteiger partial charge in [0.05, 0.1) is 0 Å². The smallest absolute Gasteiger partial charge is 0.306 e. The first-order chi connectivity index (χ1) is 40.5. The highest BCUT2D eigenvalue weighted by Gasteiger charge is 2.19. The molecule has 482 valence electrons. The normalized spacial score (nSPS) is 12.2. The molecule has 82 heavy (non-hydrogen) atoms. The van der Waals surface area contributed by atoms with Crippen LogP contribution in [0.25, 0.3) is 0 Å². The molecule has 0 radical (unpaired) electrons. The van der Waals surface area contributed by atoms with Gasteiger partial charge in [0.1, 0.15) is 13.2 Å². The summed E-state index contributed by atoms with van der Waals surface area (Å²) in [6.45, 7) is 6.68. The van der Waals surface area contributed by atoms with Crippen LogP contribution in [-0.2, 0) is 28.6 Å². The van der Waals surface area contributed by atoms with Crippen molar-refractivity contribution >= 4 is 17.9 Å². The van der Waals surface area contributed by atoms with Gasteiger partial charge < -0.3 is 14.2 Å². The van der Waals surface area contributed by atoms with Crippen LogP contribution in [-0.4, -0.2) is 37.2 Å². The number of hydrogen-bond donors (Lipinski definition) is 0. The summed E-state index contributed by atoms with van der Waals surface area (Å²) in [5.41, 5.74) is 0. The Labute approximate surface area is 512 Å². The predicted molar refractivity (Wildman–Crippen MR) is 358 cm³/mol. The standard InChI is InChI=1S/C76H142O6/c1-4-7-10-13-16-19-22-24-26-28-30-32-33-34-35-36-37-38-39-40-41-42-43-45-46-48-50-52-54-57-60-63-66-69-75(78)81-72-73(71-80-74(77)68-65-62-59-56-21-18-15-12-9-6-3)82-76(79)70-67-64-61-58-55-53-51-49-47-44-31-29-27-25-23-20-17-14-11-8-5-2/h23,25,28-31,73H,4-22,24,26-27,32-72H2,1-3H3/b25-23-,30-28-,31-29-. The van der Waals surface area contributed by atoms with Crippen LogP contribution in [0.5, 0.6) is 0 Å². The summed E-state index contributed by atoms with van der Waals surface area (Å²) in [4.78, 5) is 38.3. The molecule has 0 spiro atoms. The molecule has 0 fully saturated rings. The second-order valence-electron chi connectivity index (χ2n) is 25.2. The van der Waals surface area contributed by atoms with E-state index in [1.54, 1.807) is 0 Å². The third kappa shape index (κ3) is 68.4. The molecule has 0 aromatic heterocycles. The van der Waals surface area contributed by atoms with Gasteiger partial charge in [-0.3, -0.25) is 14.4 Å². The average molecular weight is 1150 g/mol. The largest absolute Gasteiger partial charge is 0.462 e. The van der Waals surface area contributed by atoms with Gasteiger partial charge >= 0.3 is 17.9 Å². The van der Waals surface area contributed by atoms with Crippen molar-refractivity contribution < 1.29 is 28.6 Å². The van der Waals surface area contributed by atoms with Gasteiger partial charge in [0.25, 0.3) is 0 Å². The number of ether oxygens (including phenoxy) is 3. The zero-order valence-electron chi connectivity index (χ0n) is 55.5. The molecule has 0 rings (SSSR count). The van der Waals surface area contributed by atoms with Gasteiger partial charge in [0, 0.05) is 19.3 Å². The minimum Gasteiger partial charge on any atom is -0.462 e. The minimum absolute atomic E-state index is 0.0681. The minimum atomic E-state index is -0.771. The molecule has 0 heterocycles. The molecular weight excluding hydrogens is 1010 g/mol. The molecule has 0 bridgehead atoms. The lowest BCUT2D eigenvalue weighted by molar-refractivity contribution is -0.167. The van der Waals surface area contributed by atoms with Crippen molar-refractivity contribution in [3.8, 4) is 0 Å². The molecule has 0 saturated heterocycles. The summed E-state index contributed by atoms with van der Waals surface area (Å²) in [7, 11) is 0. The zero-order valence-corrected chi connectivity index (χ0v) is 55.5. The van der Waals surface area contributed by atoms with Gasteiger partial charge in [-0.05, 0) is 77.0 Å². The van der Waals surface area contributed by atoms with Gasteiger partial charge in [0.15, 0.2) is 6.10 Å². The Bertz CT molecular complexity index is 1370. The Kier molecular flexibility index (Phi) is 69.1. The number of hydrogen-bond acceptors (Lipinski definition) is 6. The van der Waals surface area contributed by atoms with Crippen LogP contribution in [0, 0.1) is 0 Å². The van der Waals surface area contributed by atoms with E-state index < -0.39 is 6.10 Å². The molecule has 0 aliphatic rings. The maximum atomic E-state index is 12.9. The van der Waals surface area contributed by atoms with Crippen LogP contribution in [0.3, 0.4) is 0 Å². The summed E-state index contributed by atoms with van der Waals surface area (Å²) in [5.74, 6) is -0.846. The van der Waals surface area contributed by atoms with E-state index in [1.807, 2.05) is 0 Å². The molecule has 6 nitrogen and oxygen atoms in total. The Hall–Kier alpha value is -2.37. The molecular formula is C76H142O6. The molecule has 0 amide bonds. The van der Waals surface area contributed by atoms with Crippen LogP contribution in [0.15, 0.2) is 36.5 Å². The van der Waals surface area contributed by atoms with E-state index in [4.69, 9.17) is 14.2 Å². The molecule has 0 aromatic rings. The van der Waals surface area contributed by atoms with Crippen LogP contribution < -0.4 is 0 Å². The van der Waals surface area contributed by atoms with Gasteiger partial charge in [-0.25, -0.2) is 0 Å². The Morgan fingerprint density at radius 1 is 0.244 bits per heavy atom. The van der Waals surface area contributed by atoms with E-state index in [2.05, 4.69) is 57.2 Å². The van der Waals surface area contributed by atoms with Crippen molar-refractivity contribution in [2.24, 2.45) is 0 Å². The lowest BCUT2D eigenvalue weighted by Crippen LogP contribution is -2.30. The van der Waals surface area contributed by atoms with E-state index in [-0.39, 0.29) is 31.1 Å². The fourth-order valence-corrected chi connectivity index (χ4v) is 11.3. The van der Waals surface area contributed by atoms with Gasteiger partial charge in [-0.15, -0.1) is 0 Å². The fraction of sp³-hybridized carbons (Fsp3) is 0.882. The summed E-state index contributed by atoms with van der Waals surface area (Å²) in [5, 5.41) is 0. The van der Waals surface area contributed by atoms with Crippen LogP contribution in [0.2, 0.25) is 0 Å². The van der Waals surface area contributed by atoms with Crippen molar-refractivity contribution in [1.82, 2.24) is 0 Å². The highest BCUT2D eigenvalue weighted by atomic mass is 16.6. The molecule has 0 saturated carbocycles. The Morgan fingerprint density at radius 2 is 0.439 bits per heavy atom. The van der Waals surface area contributed by atoms with Gasteiger partial charge in [0.2, 0.25) is 0 Å². The number of rotatable bonds is 69. The molecule has 1 unspecified atom stereocenters. The van der Waals surface area contributed by atoms with Crippen LogP contribution in [0.1, 0.15) is 412 Å². The van der Waals surface area contributed by atoms with Crippen molar-refractivity contribution in [2.45, 2.75) is 419 Å². The maximum Gasteiger partial charge on any atom is 0.306 e. The Morgan fingerprint density at radius 3 is 0.683 bits per heavy atom. The number of unbranched alkanes of at least 4 members (excludes halogenated alkanes) is 52. The predicted octanol–water partition coefficient (Wildman–Crippen LogP) is 25.5. The summed E-state index contributed by atoms with van der Waals surface area (Å²) in [6.07, 6.45) is 89.2. The van der Waals surface area contributed by atoms with Gasteiger partial charge in [-0.2, -0.15) is 0 Å². The topological polar surface area (TPSA) is 78.9 Å². The third-order valence-corrected chi connectivity index (χ3v) is 16.9. The zero-order chi connectivity index (χ0) is 59.2. The fourth-order valence-electron chi connectivity index (χ4n) is 11.3. The van der Waals surface area contributed by atoms with Crippen LogP contribution >= 0.6 is 0 Å². The summed E-state index contributed by atoms with van der Waals surface area (Å²) in [6, 6.07) is 0. The maximum absolute atomic E-state index is 12.9. The second-order valence-corrected chi connectivity index (χ2v) is 25.2. The van der Waals surface area contributed by atoms with Crippen molar-refractivity contribution in [1.29, 1.82) is 0 Å². The number of carbonyl (C=O) groups is 3. The number of allylic oxidation sites excluding steroid dienone is 6. The molecule has 0 N–H and O–H groups in total. The SMILES string of the molecule is CCCCCCC/C=C\C/C=C\CCCCCCCCCCCC(=O)OC(COC(=O)CCCCCCCCCCCC)COC(=O)CCCCCCCCCCCCCCCCCCCCCCC/C=C\CCCCCCCCCC. The quantitative estimate of drug-likeness (QED) is 0.0261. The van der Waals surface area contributed by atoms with Crippen molar-refractivity contribution in [3.63, 3.8) is 0 Å². The Balaban J connectivity index is 4.06. The summed E-state index contributed by atoms with van der Waals surface area (Å²) >= 11 is 0. The average Bonchev–Trinajstić information content (AvgIpc) is 3.47. The number of esters is 3. The lowest BCUT2D eigenvalue weighted by Gasteiger charge is -2.18. The highest BCUT2D eigenvalue weighted by molar-refractivity contribution is 5.71. The second kappa shape index (κ2) is 71.1. The summed E-state index contributed by atoms with van der Waals surface area (Å²) < 4.78 is 17.0. The van der Waals surface area contributed by atoms with Crippen LogP contribution in [0.4, 0.5) is 0 Å². The molecule has 0 aliphatic heterocycles. The third-order valence-electron chi connectivity index (χ3n) is 16.9. The molecule has 1 atom stereocenters. The van der Waals surface area contributed by atoms with Crippen molar-refractivity contribution in [2.75, 3.05) is 13.2 Å². The van der Waals surface area contributed by atoms with E-state index in [0.717, 1.165) is 64.2 Å². The molecule has 0 aliphatic carbocycles. The van der Waals surface area contributed by atoms with E-state index in [0.29, 0.717) is 19.3 Å². The lowest BCUT2D eigenvalue weighted by atomic mass is 10.0. The van der Waals surface area contributed by atoms with E-state index >= 15 is 0 Å². The van der Waals surface area contributed by atoms with Crippen molar-refractivity contribution in [3.05, 3.63) is 36.5 Å². The van der Waals surface area contributed by atoms with E-state index in [1.165, 1.54) is 308 Å². The first kappa shape index (κ1) is 79.6. The molecule has 0 aromatic carbocycles. The van der Waals surface area contributed by atoms with E-state index in [9.17, 15) is 14.4 Å². The number of carbonyl (C=O) groups excluding carboxylic acids is 3. The van der Waals surface area contributed by atoms with Gasteiger partial charge in [-0.1, -0.05) is 353 Å².